The Morgan fingerprint density at radius 1 is 1.53 bits per heavy atom. The Bertz CT molecular complexity index is 387. The highest BCUT2D eigenvalue weighted by molar-refractivity contribution is 5.39. The lowest BCUT2D eigenvalue weighted by molar-refractivity contribution is 0.154. The number of nitrogens with zero attached hydrogens (tertiary/aromatic N) is 4. The molecule has 2 heterocycles. The number of aliphatic hydroxyl groups is 1. The van der Waals surface area contributed by atoms with Crippen molar-refractivity contribution in [2.75, 3.05) is 18.0 Å². The van der Waals surface area contributed by atoms with E-state index >= 15 is 0 Å². The van der Waals surface area contributed by atoms with Gasteiger partial charge in [-0.3, -0.25) is 4.98 Å². The summed E-state index contributed by atoms with van der Waals surface area (Å²) in [5.74, 6) is 0.674. The Balaban J connectivity index is 2.18. The van der Waals surface area contributed by atoms with Gasteiger partial charge in [0.25, 0.3) is 0 Å². The molecule has 1 fully saturated rings. The first-order valence-electron chi connectivity index (χ1n) is 4.95. The SMILES string of the molecule is N#Cc1cncc(N2CCCC(O)C2)n1. The molecule has 5 heteroatoms. The largest absolute Gasteiger partial charge is 0.391 e. The van der Waals surface area contributed by atoms with Gasteiger partial charge in [0.15, 0.2) is 5.69 Å². The quantitative estimate of drug-likeness (QED) is 0.712. The molecule has 1 aliphatic rings. The van der Waals surface area contributed by atoms with E-state index in [1.165, 1.54) is 6.20 Å². The van der Waals surface area contributed by atoms with Crippen LogP contribution in [0.1, 0.15) is 18.5 Å². The van der Waals surface area contributed by atoms with Crippen LogP contribution in [0.5, 0.6) is 0 Å². The number of aromatic nitrogens is 2. The lowest BCUT2D eigenvalue weighted by Crippen LogP contribution is -2.38. The molecule has 0 amide bonds. The maximum atomic E-state index is 9.51. The van der Waals surface area contributed by atoms with Gasteiger partial charge < -0.3 is 10.0 Å². The van der Waals surface area contributed by atoms with Crippen LogP contribution in [0.3, 0.4) is 0 Å². The maximum absolute atomic E-state index is 9.51. The topological polar surface area (TPSA) is 73.0 Å². The molecule has 0 aromatic carbocycles. The van der Waals surface area contributed by atoms with E-state index in [9.17, 15) is 5.11 Å². The molecule has 0 bridgehead atoms. The number of β-amino-alcohol motifs (C(OH)–C–C–N with tert-alkyl or cyclic N) is 1. The molecular weight excluding hydrogens is 192 g/mol. The fourth-order valence-electron chi connectivity index (χ4n) is 1.72. The second-order valence-electron chi connectivity index (χ2n) is 3.62. The maximum Gasteiger partial charge on any atom is 0.161 e. The Labute approximate surface area is 88.0 Å². The summed E-state index contributed by atoms with van der Waals surface area (Å²) in [6, 6.07) is 1.95. The molecule has 1 N–H and O–H groups in total. The molecule has 5 nitrogen and oxygen atoms in total. The number of hydrogen-bond acceptors (Lipinski definition) is 5. The minimum absolute atomic E-state index is 0.300. The van der Waals surface area contributed by atoms with Crippen LogP contribution in [0.25, 0.3) is 0 Å². The Kier molecular flexibility index (Phi) is 2.79. The van der Waals surface area contributed by atoms with Crippen LogP contribution in [-0.2, 0) is 0 Å². The molecule has 1 aliphatic heterocycles. The van der Waals surface area contributed by atoms with E-state index in [2.05, 4.69) is 9.97 Å². The van der Waals surface area contributed by atoms with Crippen LogP contribution in [0.4, 0.5) is 5.82 Å². The monoisotopic (exact) mass is 204 g/mol. The number of nitriles is 1. The van der Waals surface area contributed by atoms with Crippen LogP contribution >= 0.6 is 0 Å². The Morgan fingerprint density at radius 3 is 3.13 bits per heavy atom. The van der Waals surface area contributed by atoms with E-state index in [1.54, 1.807) is 6.20 Å². The first-order chi connectivity index (χ1) is 7.29. The number of hydrogen-bond donors (Lipinski definition) is 1. The smallest absolute Gasteiger partial charge is 0.161 e. The molecule has 1 aromatic rings. The van der Waals surface area contributed by atoms with Crippen molar-refractivity contribution in [3.8, 4) is 6.07 Å². The van der Waals surface area contributed by atoms with Crippen LogP contribution < -0.4 is 4.90 Å². The summed E-state index contributed by atoms with van der Waals surface area (Å²) in [5.41, 5.74) is 0.313. The van der Waals surface area contributed by atoms with E-state index in [-0.39, 0.29) is 6.10 Å². The Hall–Kier alpha value is -1.67. The fraction of sp³-hybridized carbons (Fsp3) is 0.500. The average molecular weight is 204 g/mol. The van der Waals surface area contributed by atoms with Gasteiger partial charge in [-0.2, -0.15) is 5.26 Å². The number of anilines is 1. The van der Waals surface area contributed by atoms with E-state index in [0.29, 0.717) is 18.1 Å². The van der Waals surface area contributed by atoms with Crippen LogP contribution in [-0.4, -0.2) is 34.3 Å². The van der Waals surface area contributed by atoms with Gasteiger partial charge >= 0.3 is 0 Å². The standard InChI is InChI=1S/C10H12N4O/c11-4-8-5-12-6-10(13-8)14-3-1-2-9(15)7-14/h5-6,9,15H,1-3,7H2. The van der Waals surface area contributed by atoms with Crippen molar-refractivity contribution in [3.05, 3.63) is 18.1 Å². The van der Waals surface area contributed by atoms with E-state index < -0.39 is 0 Å². The van der Waals surface area contributed by atoms with Crippen molar-refractivity contribution in [3.63, 3.8) is 0 Å². The van der Waals surface area contributed by atoms with Gasteiger partial charge in [-0.25, -0.2) is 4.98 Å². The summed E-state index contributed by atoms with van der Waals surface area (Å²) in [4.78, 5) is 10.0. The van der Waals surface area contributed by atoms with Gasteiger partial charge in [-0.1, -0.05) is 0 Å². The molecule has 15 heavy (non-hydrogen) atoms. The van der Waals surface area contributed by atoms with Gasteiger partial charge in [0.2, 0.25) is 0 Å². The lowest BCUT2D eigenvalue weighted by Gasteiger charge is -2.30. The van der Waals surface area contributed by atoms with Crippen molar-refractivity contribution in [1.29, 1.82) is 5.26 Å². The predicted molar refractivity (Wildman–Crippen MR) is 54.2 cm³/mol. The normalized spacial score (nSPS) is 21.1. The van der Waals surface area contributed by atoms with Crippen molar-refractivity contribution < 1.29 is 5.11 Å². The van der Waals surface area contributed by atoms with Crippen LogP contribution in [0.2, 0.25) is 0 Å². The second kappa shape index (κ2) is 4.24. The van der Waals surface area contributed by atoms with Crippen molar-refractivity contribution in [2.45, 2.75) is 18.9 Å². The van der Waals surface area contributed by atoms with E-state index in [4.69, 9.17) is 5.26 Å². The summed E-state index contributed by atoms with van der Waals surface area (Å²) in [7, 11) is 0. The minimum Gasteiger partial charge on any atom is -0.391 e. The molecule has 1 saturated heterocycles. The molecule has 1 aromatic heterocycles. The van der Waals surface area contributed by atoms with Crippen molar-refractivity contribution >= 4 is 5.82 Å². The van der Waals surface area contributed by atoms with Gasteiger partial charge in [0, 0.05) is 13.1 Å². The van der Waals surface area contributed by atoms with E-state index in [1.807, 2.05) is 11.0 Å². The molecule has 1 atom stereocenters. The third-order valence-electron chi connectivity index (χ3n) is 2.46. The zero-order valence-electron chi connectivity index (χ0n) is 8.30. The first kappa shape index (κ1) is 9.87. The zero-order valence-corrected chi connectivity index (χ0v) is 8.30. The lowest BCUT2D eigenvalue weighted by atomic mass is 10.1. The second-order valence-corrected chi connectivity index (χ2v) is 3.62. The van der Waals surface area contributed by atoms with Crippen molar-refractivity contribution in [2.24, 2.45) is 0 Å². The highest BCUT2D eigenvalue weighted by Crippen LogP contribution is 2.16. The number of aliphatic hydroxyl groups excluding tert-OH is 1. The van der Waals surface area contributed by atoms with Crippen LogP contribution in [0, 0.1) is 11.3 Å². The summed E-state index contributed by atoms with van der Waals surface area (Å²) >= 11 is 0. The third kappa shape index (κ3) is 2.22. The molecular formula is C10H12N4O. The van der Waals surface area contributed by atoms with Gasteiger partial charge in [0.05, 0.1) is 18.5 Å². The van der Waals surface area contributed by atoms with Crippen LogP contribution in [0.15, 0.2) is 12.4 Å². The summed E-state index contributed by atoms with van der Waals surface area (Å²) in [5, 5.41) is 18.2. The highest BCUT2D eigenvalue weighted by atomic mass is 16.3. The summed E-state index contributed by atoms with van der Waals surface area (Å²) in [6.45, 7) is 1.43. The predicted octanol–water partition coefficient (Wildman–Crippen LogP) is 0.309. The molecule has 0 saturated carbocycles. The van der Waals surface area contributed by atoms with Gasteiger partial charge in [-0.05, 0) is 12.8 Å². The van der Waals surface area contributed by atoms with Gasteiger partial charge in [0.1, 0.15) is 11.9 Å². The van der Waals surface area contributed by atoms with E-state index in [0.717, 1.165) is 19.4 Å². The summed E-state index contributed by atoms with van der Waals surface area (Å²) in [6.07, 6.45) is 4.54. The molecule has 78 valence electrons. The molecule has 1 unspecified atom stereocenters. The Morgan fingerprint density at radius 2 is 2.40 bits per heavy atom. The molecule has 0 radical (unpaired) electrons. The number of piperidine rings is 1. The summed E-state index contributed by atoms with van der Waals surface area (Å²) < 4.78 is 0. The highest BCUT2D eigenvalue weighted by Gasteiger charge is 2.19. The average Bonchev–Trinajstić information content (AvgIpc) is 2.29. The number of rotatable bonds is 1. The molecule has 2 rings (SSSR count). The zero-order chi connectivity index (χ0) is 10.7. The minimum atomic E-state index is -0.300. The van der Waals surface area contributed by atoms with Crippen molar-refractivity contribution in [1.82, 2.24) is 9.97 Å². The third-order valence-corrected chi connectivity index (χ3v) is 2.46. The fourth-order valence-corrected chi connectivity index (χ4v) is 1.72. The first-order valence-corrected chi connectivity index (χ1v) is 4.95. The van der Waals surface area contributed by atoms with Gasteiger partial charge in [-0.15, -0.1) is 0 Å². The molecule has 0 aliphatic carbocycles. The molecule has 0 spiro atoms.